The first-order valence-corrected chi connectivity index (χ1v) is 8.63. The lowest BCUT2D eigenvalue weighted by Crippen LogP contribution is -2.34. The summed E-state index contributed by atoms with van der Waals surface area (Å²) in [6.07, 6.45) is 0.411. The number of sulfonamides is 1. The van der Waals surface area contributed by atoms with Crippen LogP contribution in [0, 0.1) is 12.8 Å². The Morgan fingerprint density at radius 1 is 1.38 bits per heavy atom. The molecule has 116 valence electrons. The number of hydrogen-bond donors (Lipinski definition) is 1. The van der Waals surface area contributed by atoms with Crippen LogP contribution < -0.4 is 4.72 Å². The average Bonchev–Trinajstić information content (AvgIpc) is 2.78. The number of aryl methyl sites for hydroxylation is 1. The predicted octanol–water partition coefficient (Wildman–Crippen LogP) is 1.53. The van der Waals surface area contributed by atoms with E-state index >= 15 is 0 Å². The van der Waals surface area contributed by atoms with E-state index in [9.17, 15) is 13.2 Å². The Morgan fingerprint density at radius 3 is 2.67 bits per heavy atom. The van der Waals surface area contributed by atoms with Crippen molar-refractivity contribution in [1.29, 1.82) is 0 Å². The molecular formula is C15H22N2O3S. The summed E-state index contributed by atoms with van der Waals surface area (Å²) in [7, 11) is -3.51. The highest BCUT2D eigenvalue weighted by atomic mass is 32.2. The van der Waals surface area contributed by atoms with Crippen molar-refractivity contribution in [2.75, 3.05) is 13.1 Å². The van der Waals surface area contributed by atoms with Crippen LogP contribution in [0.1, 0.15) is 25.8 Å². The Hall–Kier alpha value is -1.40. The smallest absolute Gasteiger partial charge is 0.240 e. The van der Waals surface area contributed by atoms with E-state index in [0.29, 0.717) is 19.5 Å². The van der Waals surface area contributed by atoms with Crippen LogP contribution in [-0.2, 0) is 14.8 Å². The van der Waals surface area contributed by atoms with Crippen molar-refractivity contribution >= 4 is 15.9 Å². The summed E-state index contributed by atoms with van der Waals surface area (Å²) < 4.78 is 27.1. The van der Waals surface area contributed by atoms with Crippen molar-refractivity contribution in [3.8, 4) is 0 Å². The van der Waals surface area contributed by atoms with Gasteiger partial charge in [0, 0.05) is 25.6 Å². The Balaban J connectivity index is 1.99. The second-order valence-electron chi connectivity index (χ2n) is 5.88. The van der Waals surface area contributed by atoms with Gasteiger partial charge in [-0.2, -0.15) is 0 Å². The second kappa shape index (κ2) is 6.15. The van der Waals surface area contributed by atoms with Crippen molar-refractivity contribution in [2.24, 2.45) is 5.92 Å². The molecule has 1 saturated heterocycles. The van der Waals surface area contributed by atoms with Gasteiger partial charge in [0.1, 0.15) is 0 Å². The fraction of sp³-hybridized carbons (Fsp3) is 0.533. The number of rotatable bonds is 5. The van der Waals surface area contributed by atoms with E-state index in [2.05, 4.69) is 4.72 Å². The number of amides is 1. The van der Waals surface area contributed by atoms with Gasteiger partial charge in [-0.3, -0.25) is 4.79 Å². The maximum atomic E-state index is 12.2. The van der Waals surface area contributed by atoms with Gasteiger partial charge in [-0.25, -0.2) is 13.1 Å². The molecule has 1 N–H and O–H groups in total. The highest BCUT2D eigenvalue weighted by molar-refractivity contribution is 7.89. The molecule has 1 aliphatic rings. The van der Waals surface area contributed by atoms with Crippen molar-refractivity contribution in [1.82, 2.24) is 9.62 Å². The fourth-order valence-electron chi connectivity index (χ4n) is 2.54. The van der Waals surface area contributed by atoms with Crippen LogP contribution in [0.5, 0.6) is 0 Å². The van der Waals surface area contributed by atoms with Crippen LogP contribution in [0.4, 0.5) is 0 Å². The third kappa shape index (κ3) is 3.83. The van der Waals surface area contributed by atoms with E-state index in [-0.39, 0.29) is 22.8 Å². The first-order chi connectivity index (χ1) is 9.79. The minimum atomic E-state index is -3.51. The molecule has 0 saturated carbocycles. The largest absolute Gasteiger partial charge is 0.340 e. The van der Waals surface area contributed by atoms with E-state index in [4.69, 9.17) is 0 Å². The maximum absolute atomic E-state index is 12.2. The normalized spacial score (nSPS) is 19.5. The van der Waals surface area contributed by atoms with Gasteiger partial charge in [-0.05, 0) is 44.4 Å². The molecule has 1 aromatic rings. The van der Waals surface area contributed by atoms with Gasteiger partial charge in [0.05, 0.1) is 4.90 Å². The van der Waals surface area contributed by atoms with Crippen molar-refractivity contribution in [3.63, 3.8) is 0 Å². The summed E-state index contributed by atoms with van der Waals surface area (Å²) in [4.78, 5) is 13.9. The van der Waals surface area contributed by atoms with Gasteiger partial charge in [0.2, 0.25) is 15.9 Å². The molecule has 1 amide bonds. The molecule has 6 heteroatoms. The average molecular weight is 310 g/mol. The summed E-state index contributed by atoms with van der Waals surface area (Å²) in [5.41, 5.74) is 0.903. The number of nitrogens with one attached hydrogen (secondary N) is 1. The SMILES string of the molecule is Cc1cccc(S(=O)(=O)NCC2CC(=O)N(C(C)C)C2)c1. The molecule has 2 rings (SSSR count). The maximum Gasteiger partial charge on any atom is 0.240 e. The minimum Gasteiger partial charge on any atom is -0.340 e. The zero-order valence-electron chi connectivity index (χ0n) is 12.7. The third-order valence-corrected chi connectivity index (χ3v) is 5.14. The van der Waals surface area contributed by atoms with E-state index in [1.807, 2.05) is 26.8 Å². The predicted molar refractivity (Wildman–Crippen MR) is 81.3 cm³/mol. The Labute approximate surface area is 126 Å². The summed E-state index contributed by atoms with van der Waals surface area (Å²) in [6.45, 7) is 6.71. The lowest BCUT2D eigenvalue weighted by molar-refractivity contribution is -0.129. The first kappa shape index (κ1) is 16.0. The number of likely N-dealkylation sites (tertiary alicyclic amines) is 1. The molecule has 0 aromatic heterocycles. The molecule has 0 aliphatic carbocycles. The molecule has 1 fully saturated rings. The molecule has 0 spiro atoms. The highest BCUT2D eigenvalue weighted by Crippen LogP contribution is 2.20. The van der Waals surface area contributed by atoms with E-state index < -0.39 is 10.0 Å². The topological polar surface area (TPSA) is 66.5 Å². The van der Waals surface area contributed by atoms with Gasteiger partial charge >= 0.3 is 0 Å². The van der Waals surface area contributed by atoms with Gasteiger partial charge in [0.15, 0.2) is 0 Å². The van der Waals surface area contributed by atoms with Gasteiger partial charge < -0.3 is 4.90 Å². The molecule has 0 bridgehead atoms. The molecule has 1 heterocycles. The number of benzene rings is 1. The zero-order chi connectivity index (χ0) is 15.6. The van der Waals surface area contributed by atoms with Crippen LogP contribution in [0.2, 0.25) is 0 Å². The summed E-state index contributed by atoms with van der Waals surface area (Å²) in [5, 5.41) is 0. The fourth-order valence-corrected chi connectivity index (χ4v) is 3.76. The lowest BCUT2D eigenvalue weighted by atomic mass is 10.1. The Morgan fingerprint density at radius 2 is 2.10 bits per heavy atom. The summed E-state index contributed by atoms with van der Waals surface area (Å²) in [5.74, 6) is 0.143. The molecular weight excluding hydrogens is 288 g/mol. The highest BCUT2D eigenvalue weighted by Gasteiger charge is 2.31. The Bertz CT molecular complexity index is 626. The number of nitrogens with zero attached hydrogens (tertiary/aromatic N) is 1. The molecule has 0 radical (unpaired) electrons. The van der Waals surface area contributed by atoms with Crippen molar-refractivity contribution < 1.29 is 13.2 Å². The number of carbonyl (C=O) groups is 1. The van der Waals surface area contributed by atoms with Gasteiger partial charge in [0.25, 0.3) is 0 Å². The summed E-state index contributed by atoms with van der Waals surface area (Å²) in [6, 6.07) is 6.97. The van der Waals surface area contributed by atoms with Gasteiger partial charge in [-0.15, -0.1) is 0 Å². The van der Waals surface area contributed by atoms with Gasteiger partial charge in [-0.1, -0.05) is 12.1 Å². The summed E-state index contributed by atoms with van der Waals surface area (Å²) >= 11 is 0. The van der Waals surface area contributed by atoms with Crippen LogP contribution in [-0.4, -0.2) is 38.4 Å². The number of hydrogen-bond acceptors (Lipinski definition) is 3. The molecule has 1 aromatic carbocycles. The molecule has 1 aliphatic heterocycles. The van der Waals surface area contributed by atoms with Crippen LogP contribution in [0.25, 0.3) is 0 Å². The van der Waals surface area contributed by atoms with E-state index in [1.54, 1.807) is 23.1 Å². The standard InChI is InChI=1S/C15H22N2O3S/c1-11(2)17-10-13(8-15(17)18)9-16-21(19,20)14-6-4-5-12(3)7-14/h4-7,11,13,16H,8-10H2,1-3H3. The van der Waals surface area contributed by atoms with E-state index in [0.717, 1.165) is 5.56 Å². The second-order valence-corrected chi connectivity index (χ2v) is 7.65. The van der Waals surface area contributed by atoms with Crippen LogP contribution in [0.15, 0.2) is 29.2 Å². The third-order valence-electron chi connectivity index (χ3n) is 3.72. The first-order valence-electron chi connectivity index (χ1n) is 7.15. The molecule has 5 nitrogen and oxygen atoms in total. The van der Waals surface area contributed by atoms with Crippen molar-refractivity contribution in [3.05, 3.63) is 29.8 Å². The minimum absolute atomic E-state index is 0.0412. The van der Waals surface area contributed by atoms with Crippen LogP contribution >= 0.6 is 0 Å². The molecule has 21 heavy (non-hydrogen) atoms. The monoisotopic (exact) mass is 310 g/mol. The molecule has 1 atom stereocenters. The Kier molecular flexibility index (Phi) is 4.68. The van der Waals surface area contributed by atoms with E-state index in [1.165, 1.54) is 0 Å². The number of carbonyl (C=O) groups excluding carboxylic acids is 1. The van der Waals surface area contributed by atoms with Crippen molar-refractivity contribution in [2.45, 2.75) is 38.1 Å². The molecule has 1 unspecified atom stereocenters. The quantitative estimate of drug-likeness (QED) is 0.897. The lowest BCUT2D eigenvalue weighted by Gasteiger charge is -2.21. The zero-order valence-corrected chi connectivity index (χ0v) is 13.5. The van der Waals surface area contributed by atoms with Crippen LogP contribution in [0.3, 0.4) is 0 Å².